The molecule has 1 aliphatic carbocycles. The number of nitrogens with zero attached hydrogens (tertiary/aromatic N) is 1. The Balaban J connectivity index is 1.87. The highest BCUT2D eigenvalue weighted by molar-refractivity contribution is 7.90. The zero-order chi connectivity index (χ0) is 18.3. The molecule has 4 rings (SSSR count). The number of carbonyl (C=O) groups is 2. The molecule has 0 unspecified atom stereocenters. The summed E-state index contributed by atoms with van der Waals surface area (Å²) in [6, 6.07) is 17.5. The number of allylic oxidation sites excluding steroid dienone is 2. The van der Waals surface area contributed by atoms with Gasteiger partial charge in [-0.2, -0.15) is 0 Å². The molecule has 0 atom stereocenters. The molecule has 128 valence electrons. The van der Waals surface area contributed by atoms with E-state index in [9.17, 15) is 18.0 Å². The lowest BCUT2D eigenvalue weighted by Crippen LogP contribution is -2.20. The average Bonchev–Trinajstić information content (AvgIpc) is 3.16. The molecule has 1 aliphatic rings. The van der Waals surface area contributed by atoms with Gasteiger partial charge in [0.25, 0.3) is 10.0 Å². The molecule has 5 nitrogen and oxygen atoms in total. The van der Waals surface area contributed by atoms with Gasteiger partial charge in [0.05, 0.1) is 16.2 Å². The van der Waals surface area contributed by atoms with Gasteiger partial charge in [0, 0.05) is 17.3 Å². The SMILES string of the molecule is O=C1C=C(c2cccn2S(=O)(=O)c2ccccc2)C(=O)c2ccccc21. The van der Waals surface area contributed by atoms with E-state index in [2.05, 4.69) is 0 Å². The predicted molar refractivity (Wildman–Crippen MR) is 96.5 cm³/mol. The minimum absolute atomic E-state index is 0.0678. The van der Waals surface area contributed by atoms with E-state index in [1.807, 2.05) is 0 Å². The van der Waals surface area contributed by atoms with Gasteiger partial charge in [-0.1, -0.05) is 42.5 Å². The van der Waals surface area contributed by atoms with Crippen LogP contribution >= 0.6 is 0 Å². The van der Waals surface area contributed by atoms with Gasteiger partial charge < -0.3 is 0 Å². The Morgan fingerprint density at radius 1 is 0.731 bits per heavy atom. The number of rotatable bonds is 3. The Morgan fingerprint density at radius 3 is 2.12 bits per heavy atom. The predicted octanol–water partition coefficient (Wildman–Crippen LogP) is 3.19. The van der Waals surface area contributed by atoms with Crippen LogP contribution in [0, 0.1) is 0 Å². The van der Waals surface area contributed by atoms with Crippen molar-refractivity contribution in [3.05, 3.63) is 95.8 Å². The summed E-state index contributed by atoms with van der Waals surface area (Å²) in [5.74, 6) is -0.691. The minimum atomic E-state index is -3.88. The van der Waals surface area contributed by atoms with Crippen molar-refractivity contribution >= 4 is 27.2 Å². The van der Waals surface area contributed by atoms with E-state index in [-0.39, 0.29) is 33.3 Å². The maximum absolute atomic E-state index is 12.9. The fourth-order valence-electron chi connectivity index (χ4n) is 3.00. The summed E-state index contributed by atoms with van der Waals surface area (Å²) in [4.78, 5) is 25.3. The van der Waals surface area contributed by atoms with Crippen molar-refractivity contribution in [1.29, 1.82) is 0 Å². The van der Waals surface area contributed by atoms with E-state index >= 15 is 0 Å². The van der Waals surface area contributed by atoms with E-state index in [1.54, 1.807) is 42.5 Å². The third-order valence-corrected chi connectivity index (χ3v) is 5.95. The summed E-state index contributed by atoms with van der Waals surface area (Å²) in [6.45, 7) is 0. The standard InChI is InChI=1S/C20H13NO4S/c22-19-13-17(20(23)16-10-5-4-9-15(16)19)18-11-6-12-21(18)26(24,25)14-7-2-1-3-8-14/h1-13H. The Hall–Kier alpha value is -3.25. The smallest absolute Gasteiger partial charge is 0.268 e. The fraction of sp³-hybridized carbons (Fsp3) is 0. The summed E-state index contributed by atoms with van der Waals surface area (Å²) in [7, 11) is -3.88. The van der Waals surface area contributed by atoms with Crippen molar-refractivity contribution in [2.45, 2.75) is 4.90 Å². The number of hydrogen-bond acceptors (Lipinski definition) is 4. The van der Waals surface area contributed by atoms with E-state index in [0.717, 1.165) is 3.97 Å². The topological polar surface area (TPSA) is 73.2 Å². The van der Waals surface area contributed by atoms with E-state index < -0.39 is 10.0 Å². The van der Waals surface area contributed by atoms with Crippen molar-refractivity contribution < 1.29 is 18.0 Å². The monoisotopic (exact) mass is 363 g/mol. The van der Waals surface area contributed by atoms with Crippen molar-refractivity contribution in [1.82, 2.24) is 3.97 Å². The molecule has 3 aromatic rings. The largest absolute Gasteiger partial charge is 0.289 e. The summed E-state index contributed by atoms with van der Waals surface area (Å²) >= 11 is 0. The van der Waals surface area contributed by atoms with E-state index in [1.165, 1.54) is 36.5 Å². The molecule has 0 fully saturated rings. The third kappa shape index (κ3) is 2.43. The highest BCUT2D eigenvalue weighted by Crippen LogP contribution is 2.29. The van der Waals surface area contributed by atoms with E-state index in [0.29, 0.717) is 5.56 Å². The minimum Gasteiger partial charge on any atom is -0.289 e. The van der Waals surface area contributed by atoms with Gasteiger partial charge in [-0.3, -0.25) is 9.59 Å². The van der Waals surface area contributed by atoms with Gasteiger partial charge in [-0.25, -0.2) is 12.4 Å². The van der Waals surface area contributed by atoms with Crippen LogP contribution in [0.1, 0.15) is 26.4 Å². The van der Waals surface area contributed by atoms with Crippen molar-refractivity contribution in [2.75, 3.05) is 0 Å². The van der Waals surface area contributed by atoms with E-state index in [4.69, 9.17) is 0 Å². The van der Waals surface area contributed by atoms with Crippen LogP contribution < -0.4 is 0 Å². The molecule has 2 aromatic carbocycles. The number of carbonyl (C=O) groups excluding carboxylic acids is 2. The Labute approximate surface area is 150 Å². The molecular weight excluding hydrogens is 350 g/mol. The first-order valence-electron chi connectivity index (χ1n) is 7.88. The van der Waals surface area contributed by atoms with Crippen LogP contribution in [0.4, 0.5) is 0 Å². The highest BCUT2D eigenvalue weighted by Gasteiger charge is 2.30. The first-order valence-corrected chi connectivity index (χ1v) is 9.32. The van der Waals surface area contributed by atoms with Crippen LogP contribution in [0.2, 0.25) is 0 Å². The van der Waals surface area contributed by atoms with Crippen molar-refractivity contribution in [3.63, 3.8) is 0 Å². The van der Waals surface area contributed by atoms with Crippen molar-refractivity contribution in [2.24, 2.45) is 0 Å². The van der Waals surface area contributed by atoms with Gasteiger partial charge in [0.15, 0.2) is 11.6 Å². The normalized spacial score (nSPS) is 14.1. The lowest BCUT2D eigenvalue weighted by atomic mass is 9.88. The molecule has 0 saturated heterocycles. The van der Waals surface area contributed by atoms with Gasteiger partial charge in [0.1, 0.15) is 0 Å². The van der Waals surface area contributed by atoms with Crippen LogP contribution in [-0.4, -0.2) is 24.0 Å². The zero-order valence-electron chi connectivity index (χ0n) is 13.5. The Bertz CT molecular complexity index is 1170. The second-order valence-electron chi connectivity index (χ2n) is 5.80. The van der Waals surface area contributed by atoms with Crippen LogP contribution in [-0.2, 0) is 10.0 Å². The molecule has 0 radical (unpaired) electrons. The highest BCUT2D eigenvalue weighted by atomic mass is 32.2. The molecule has 0 spiro atoms. The summed E-state index contributed by atoms with van der Waals surface area (Å²) in [6.07, 6.45) is 2.58. The summed E-state index contributed by atoms with van der Waals surface area (Å²) < 4.78 is 26.9. The Kier molecular flexibility index (Phi) is 3.70. The summed E-state index contributed by atoms with van der Waals surface area (Å²) in [5, 5.41) is 0. The molecule has 0 aliphatic heterocycles. The van der Waals surface area contributed by atoms with Crippen molar-refractivity contribution in [3.8, 4) is 0 Å². The molecule has 0 amide bonds. The van der Waals surface area contributed by atoms with Gasteiger partial charge in [0.2, 0.25) is 0 Å². The summed E-state index contributed by atoms with van der Waals surface area (Å²) in [5.41, 5.74) is 0.838. The van der Waals surface area contributed by atoms with Crippen LogP contribution in [0.5, 0.6) is 0 Å². The second-order valence-corrected chi connectivity index (χ2v) is 7.62. The maximum Gasteiger partial charge on any atom is 0.268 e. The first-order chi connectivity index (χ1) is 12.5. The van der Waals surface area contributed by atoms with Crippen LogP contribution in [0.25, 0.3) is 5.57 Å². The number of ketones is 2. The van der Waals surface area contributed by atoms with Crippen LogP contribution in [0.15, 0.2) is 83.9 Å². The third-order valence-electron chi connectivity index (χ3n) is 4.25. The molecule has 1 aromatic heterocycles. The maximum atomic E-state index is 12.9. The number of benzene rings is 2. The quantitative estimate of drug-likeness (QED) is 0.716. The molecule has 26 heavy (non-hydrogen) atoms. The first kappa shape index (κ1) is 16.2. The van der Waals surface area contributed by atoms with Gasteiger partial charge >= 0.3 is 0 Å². The molecule has 0 bridgehead atoms. The average molecular weight is 363 g/mol. The van der Waals surface area contributed by atoms with Crippen LogP contribution in [0.3, 0.4) is 0 Å². The fourth-order valence-corrected chi connectivity index (χ4v) is 4.37. The molecule has 0 N–H and O–H groups in total. The number of hydrogen-bond donors (Lipinski definition) is 0. The molecule has 1 heterocycles. The molecular formula is C20H13NO4S. The molecule has 6 heteroatoms. The van der Waals surface area contributed by atoms with Gasteiger partial charge in [-0.15, -0.1) is 0 Å². The molecule has 0 saturated carbocycles. The zero-order valence-corrected chi connectivity index (χ0v) is 14.3. The number of fused-ring (bicyclic) bond motifs is 1. The van der Waals surface area contributed by atoms with Gasteiger partial charge in [-0.05, 0) is 30.3 Å². The second kappa shape index (κ2) is 5.93. The number of aromatic nitrogens is 1. The lowest BCUT2D eigenvalue weighted by molar-refractivity contribution is 0.100. The number of Topliss-reactive ketones (excluding diaryl/α,β-unsaturated/α-hetero) is 1. The lowest BCUT2D eigenvalue weighted by Gasteiger charge is -2.17. The Morgan fingerprint density at radius 2 is 1.38 bits per heavy atom.